The molecule has 1 aliphatic heterocycles. The summed E-state index contributed by atoms with van der Waals surface area (Å²) in [7, 11) is 1.75. The minimum absolute atomic E-state index is 0. The number of piperidine rings is 1. The Balaban J connectivity index is 0.00000200. The number of hydrogen-bond donors (Lipinski definition) is 1. The molecule has 1 heterocycles. The first-order chi connectivity index (χ1) is 9.13. The molecule has 2 rings (SSSR count). The minimum Gasteiger partial charge on any atom is -0.381 e. The Morgan fingerprint density at radius 3 is 2.80 bits per heavy atom. The monoisotopic (exact) mass is 302 g/mol. The van der Waals surface area contributed by atoms with Gasteiger partial charge in [0.05, 0.1) is 6.10 Å². The van der Waals surface area contributed by atoms with Gasteiger partial charge in [0.1, 0.15) is 5.82 Å². The Morgan fingerprint density at radius 1 is 1.45 bits per heavy atom. The Morgan fingerprint density at radius 2 is 2.20 bits per heavy atom. The maximum atomic E-state index is 13.6. The number of hydrogen-bond acceptors (Lipinski definition) is 3. The number of rotatable bonds is 4. The molecule has 1 saturated heterocycles. The lowest BCUT2D eigenvalue weighted by molar-refractivity contribution is 0.0102. The van der Waals surface area contributed by atoms with Gasteiger partial charge in [0.15, 0.2) is 0 Å². The van der Waals surface area contributed by atoms with E-state index in [1.807, 2.05) is 12.1 Å². The van der Waals surface area contributed by atoms with Crippen molar-refractivity contribution in [2.24, 2.45) is 5.73 Å². The first kappa shape index (κ1) is 17.4. The fraction of sp³-hybridized carbons (Fsp3) is 0.600. The van der Waals surface area contributed by atoms with Gasteiger partial charge in [-0.3, -0.25) is 4.90 Å². The zero-order chi connectivity index (χ0) is 13.8. The van der Waals surface area contributed by atoms with Crippen LogP contribution in [0.2, 0.25) is 0 Å². The first-order valence-electron chi connectivity index (χ1n) is 6.86. The molecule has 5 heteroatoms. The maximum absolute atomic E-state index is 13.6. The SMILES string of the molecule is COC1CCN(Cc2ccc(C)c(F)c2)C(CN)C1.Cl. The molecular formula is C15H24ClFN2O. The largest absolute Gasteiger partial charge is 0.381 e. The molecule has 2 atom stereocenters. The van der Waals surface area contributed by atoms with Crippen LogP contribution >= 0.6 is 12.4 Å². The summed E-state index contributed by atoms with van der Waals surface area (Å²) in [5.74, 6) is -0.131. The highest BCUT2D eigenvalue weighted by Crippen LogP contribution is 2.22. The second-order valence-electron chi connectivity index (χ2n) is 5.33. The molecule has 0 radical (unpaired) electrons. The van der Waals surface area contributed by atoms with E-state index in [1.165, 1.54) is 0 Å². The lowest BCUT2D eigenvalue weighted by Gasteiger charge is -2.38. The quantitative estimate of drug-likeness (QED) is 0.929. The van der Waals surface area contributed by atoms with Crippen LogP contribution in [0.4, 0.5) is 4.39 Å². The molecular weight excluding hydrogens is 279 g/mol. The molecule has 0 aromatic heterocycles. The van der Waals surface area contributed by atoms with E-state index in [2.05, 4.69) is 4.90 Å². The van der Waals surface area contributed by atoms with E-state index < -0.39 is 0 Å². The van der Waals surface area contributed by atoms with Crippen LogP contribution < -0.4 is 5.73 Å². The summed E-state index contributed by atoms with van der Waals surface area (Å²) in [4.78, 5) is 2.33. The number of methoxy groups -OCH3 is 1. The maximum Gasteiger partial charge on any atom is 0.126 e. The average Bonchev–Trinajstić information content (AvgIpc) is 2.43. The molecule has 0 aliphatic carbocycles. The average molecular weight is 303 g/mol. The van der Waals surface area contributed by atoms with Crippen molar-refractivity contribution in [1.29, 1.82) is 0 Å². The van der Waals surface area contributed by atoms with Gasteiger partial charge in [-0.2, -0.15) is 0 Å². The van der Waals surface area contributed by atoms with Crippen molar-refractivity contribution in [3.8, 4) is 0 Å². The molecule has 1 aromatic rings. The van der Waals surface area contributed by atoms with Gasteiger partial charge in [0.25, 0.3) is 0 Å². The number of halogens is 2. The van der Waals surface area contributed by atoms with Crippen LogP contribution in [0, 0.1) is 12.7 Å². The van der Waals surface area contributed by atoms with Gasteiger partial charge in [-0.05, 0) is 37.0 Å². The highest BCUT2D eigenvalue weighted by molar-refractivity contribution is 5.85. The van der Waals surface area contributed by atoms with Crippen LogP contribution in [0.5, 0.6) is 0 Å². The van der Waals surface area contributed by atoms with Gasteiger partial charge in [0, 0.05) is 32.8 Å². The molecule has 2 unspecified atom stereocenters. The number of benzene rings is 1. The van der Waals surface area contributed by atoms with Crippen LogP contribution in [0.1, 0.15) is 24.0 Å². The van der Waals surface area contributed by atoms with E-state index in [9.17, 15) is 4.39 Å². The molecule has 114 valence electrons. The van der Waals surface area contributed by atoms with Gasteiger partial charge in [-0.15, -0.1) is 12.4 Å². The molecule has 0 amide bonds. The van der Waals surface area contributed by atoms with Crippen LogP contribution in [0.15, 0.2) is 18.2 Å². The molecule has 2 N–H and O–H groups in total. The number of nitrogens with two attached hydrogens (primary N) is 1. The van der Waals surface area contributed by atoms with Gasteiger partial charge < -0.3 is 10.5 Å². The van der Waals surface area contributed by atoms with Gasteiger partial charge in [-0.1, -0.05) is 12.1 Å². The molecule has 0 spiro atoms. The van der Waals surface area contributed by atoms with Crippen molar-refractivity contribution in [1.82, 2.24) is 4.90 Å². The molecule has 0 bridgehead atoms. The van der Waals surface area contributed by atoms with Crippen LogP contribution in [0.3, 0.4) is 0 Å². The fourth-order valence-corrected chi connectivity index (χ4v) is 2.70. The topological polar surface area (TPSA) is 38.5 Å². The standard InChI is InChI=1S/C15H23FN2O.ClH/c1-11-3-4-12(7-15(11)16)10-18-6-5-14(19-2)8-13(18)9-17;/h3-4,7,13-14H,5-6,8-10,17H2,1-2H3;1H. The van der Waals surface area contributed by atoms with Crippen molar-refractivity contribution in [3.63, 3.8) is 0 Å². The van der Waals surface area contributed by atoms with E-state index in [0.29, 0.717) is 24.3 Å². The third kappa shape index (κ3) is 4.16. The van der Waals surface area contributed by atoms with Crippen molar-refractivity contribution >= 4 is 12.4 Å². The molecule has 20 heavy (non-hydrogen) atoms. The second-order valence-corrected chi connectivity index (χ2v) is 5.33. The number of aryl methyl sites for hydroxylation is 1. The molecule has 1 aromatic carbocycles. The van der Waals surface area contributed by atoms with Crippen molar-refractivity contribution < 1.29 is 9.13 Å². The molecule has 0 saturated carbocycles. The first-order valence-corrected chi connectivity index (χ1v) is 6.86. The summed E-state index contributed by atoms with van der Waals surface area (Å²) in [5.41, 5.74) is 7.55. The number of ether oxygens (including phenoxy) is 1. The van der Waals surface area contributed by atoms with Crippen LogP contribution in [-0.2, 0) is 11.3 Å². The number of nitrogens with zero attached hydrogens (tertiary/aromatic N) is 1. The van der Waals surface area contributed by atoms with Gasteiger partial charge in [-0.25, -0.2) is 4.39 Å². The zero-order valence-electron chi connectivity index (χ0n) is 12.1. The summed E-state index contributed by atoms with van der Waals surface area (Å²) in [6.45, 7) is 4.12. The Kier molecular flexibility index (Phi) is 6.89. The summed E-state index contributed by atoms with van der Waals surface area (Å²) in [6, 6.07) is 5.78. The summed E-state index contributed by atoms with van der Waals surface area (Å²) in [6.07, 6.45) is 2.28. The molecule has 3 nitrogen and oxygen atoms in total. The highest BCUT2D eigenvalue weighted by Gasteiger charge is 2.27. The predicted octanol–water partition coefficient (Wildman–Crippen LogP) is 2.49. The lowest BCUT2D eigenvalue weighted by atomic mass is 9.98. The summed E-state index contributed by atoms with van der Waals surface area (Å²) < 4.78 is 19.0. The Bertz CT molecular complexity index is 430. The summed E-state index contributed by atoms with van der Waals surface area (Å²) in [5, 5.41) is 0. The van der Waals surface area contributed by atoms with E-state index in [0.717, 1.165) is 31.5 Å². The van der Waals surface area contributed by atoms with E-state index >= 15 is 0 Å². The van der Waals surface area contributed by atoms with E-state index in [-0.39, 0.29) is 18.2 Å². The van der Waals surface area contributed by atoms with Crippen molar-refractivity contribution in [2.45, 2.75) is 38.5 Å². The molecule has 1 aliphatic rings. The van der Waals surface area contributed by atoms with E-state index in [4.69, 9.17) is 10.5 Å². The predicted molar refractivity (Wildman–Crippen MR) is 81.7 cm³/mol. The lowest BCUT2D eigenvalue weighted by Crippen LogP contribution is -2.47. The van der Waals surface area contributed by atoms with Crippen molar-refractivity contribution in [3.05, 3.63) is 35.1 Å². The molecule has 1 fully saturated rings. The number of likely N-dealkylation sites (tertiary alicyclic amines) is 1. The van der Waals surface area contributed by atoms with E-state index in [1.54, 1.807) is 20.1 Å². The van der Waals surface area contributed by atoms with Gasteiger partial charge >= 0.3 is 0 Å². The second kappa shape index (κ2) is 7.93. The van der Waals surface area contributed by atoms with Crippen LogP contribution in [0.25, 0.3) is 0 Å². The van der Waals surface area contributed by atoms with Gasteiger partial charge in [0.2, 0.25) is 0 Å². The highest BCUT2D eigenvalue weighted by atomic mass is 35.5. The van der Waals surface area contributed by atoms with Crippen molar-refractivity contribution in [2.75, 3.05) is 20.2 Å². The smallest absolute Gasteiger partial charge is 0.126 e. The van der Waals surface area contributed by atoms with Crippen LogP contribution in [-0.4, -0.2) is 37.2 Å². The fourth-order valence-electron chi connectivity index (χ4n) is 2.70. The normalized spacial score (nSPS) is 23.4. The minimum atomic E-state index is -0.131. The third-order valence-corrected chi connectivity index (χ3v) is 4.02. The zero-order valence-corrected chi connectivity index (χ0v) is 13.0. The third-order valence-electron chi connectivity index (χ3n) is 4.02. The Hall–Kier alpha value is -0.680. The Labute approximate surface area is 126 Å². The summed E-state index contributed by atoms with van der Waals surface area (Å²) >= 11 is 0.